The number of nitrogens with zero attached hydrogens (tertiary/aromatic N) is 4. The zero-order valence-electron chi connectivity index (χ0n) is 11.1. The number of aromatic nitrogens is 3. The van der Waals surface area contributed by atoms with Crippen molar-refractivity contribution in [2.75, 3.05) is 18.0 Å². The molecule has 1 N–H and O–H groups in total. The van der Waals surface area contributed by atoms with Gasteiger partial charge in [0.05, 0.1) is 5.69 Å². The molecule has 3 rings (SSSR count). The van der Waals surface area contributed by atoms with E-state index in [1.165, 1.54) is 0 Å². The van der Waals surface area contributed by atoms with E-state index >= 15 is 0 Å². The molecule has 0 saturated carbocycles. The Kier molecular flexibility index (Phi) is 2.70. The van der Waals surface area contributed by atoms with Crippen LogP contribution in [0.5, 0.6) is 0 Å². The standard InChI is InChI=1S/C13H19N5/c1-9-6-12-13(14-4-5-18(12)16-9)17-7-10(2)15-11(3)8-17/h4-6,10-11,15H,7-8H2,1-3H3. The van der Waals surface area contributed by atoms with E-state index < -0.39 is 0 Å². The Bertz CT molecular complexity index is 552. The van der Waals surface area contributed by atoms with Gasteiger partial charge in [0.25, 0.3) is 0 Å². The maximum atomic E-state index is 4.55. The van der Waals surface area contributed by atoms with Crippen LogP contribution in [-0.2, 0) is 0 Å². The van der Waals surface area contributed by atoms with Crippen molar-refractivity contribution in [1.29, 1.82) is 0 Å². The van der Waals surface area contributed by atoms with Gasteiger partial charge in [-0.2, -0.15) is 5.10 Å². The first kappa shape index (κ1) is 11.5. The summed E-state index contributed by atoms with van der Waals surface area (Å²) in [5.41, 5.74) is 2.12. The predicted octanol–water partition coefficient (Wildman–Crippen LogP) is 1.22. The van der Waals surface area contributed by atoms with Gasteiger partial charge >= 0.3 is 0 Å². The molecule has 2 aromatic heterocycles. The molecule has 0 bridgehead atoms. The molecule has 1 aliphatic rings. The average Bonchev–Trinajstić information content (AvgIpc) is 2.67. The minimum Gasteiger partial charge on any atom is -0.352 e. The first-order chi connectivity index (χ1) is 8.63. The lowest BCUT2D eigenvalue weighted by molar-refractivity contribution is 0.405. The lowest BCUT2D eigenvalue weighted by atomic mass is 10.1. The molecule has 18 heavy (non-hydrogen) atoms. The zero-order chi connectivity index (χ0) is 12.7. The summed E-state index contributed by atoms with van der Waals surface area (Å²) >= 11 is 0. The smallest absolute Gasteiger partial charge is 0.154 e. The molecule has 0 spiro atoms. The highest BCUT2D eigenvalue weighted by Crippen LogP contribution is 2.21. The Hall–Kier alpha value is -1.62. The largest absolute Gasteiger partial charge is 0.352 e. The van der Waals surface area contributed by atoms with Gasteiger partial charge < -0.3 is 10.2 Å². The lowest BCUT2D eigenvalue weighted by Gasteiger charge is -2.37. The predicted molar refractivity (Wildman–Crippen MR) is 72.0 cm³/mol. The Balaban J connectivity index is 2.02. The highest BCUT2D eigenvalue weighted by atomic mass is 15.3. The lowest BCUT2D eigenvalue weighted by Crippen LogP contribution is -2.54. The molecular weight excluding hydrogens is 226 g/mol. The summed E-state index contributed by atoms with van der Waals surface area (Å²) in [5, 5.41) is 7.98. The molecule has 0 amide bonds. The fourth-order valence-corrected chi connectivity index (χ4v) is 2.77. The monoisotopic (exact) mass is 245 g/mol. The SMILES string of the molecule is Cc1cc2c(N3CC(C)NC(C)C3)nccn2n1. The number of hydrogen-bond acceptors (Lipinski definition) is 4. The molecule has 0 aromatic carbocycles. The number of piperazine rings is 1. The Labute approximate surface area is 107 Å². The van der Waals surface area contributed by atoms with Gasteiger partial charge in [-0.25, -0.2) is 9.50 Å². The summed E-state index contributed by atoms with van der Waals surface area (Å²) in [6.07, 6.45) is 3.73. The van der Waals surface area contributed by atoms with Crippen molar-refractivity contribution in [1.82, 2.24) is 19.9 Å². The molecule has 1 aliphatic heterocycles. The second-order valence-electron chi connectivity index (χ2n) is 5.24. The van der Waals surface area contributed by atoms with Crippen molar-refractivity contribution >= 4 is 11.3 Å². The first-order valence-corrected chi connectivity index (χ1v) is 6.45. The van der Waals surface area contributed by atoms with E-state index in [4.69, 9.17) is 0 Å². The van der Waals surface area contributed by atoms with Crippen molar-refractivity contribution in [2.24, 2.45) is 0 Å². The molecule has 2 atom stereocenters. The van der Waals surface area contributed by atoms with E-state index in [0.717, 1.165) is 30.1 Å². The minimum atomic E-state index is 0.486. The molecule has 5 heteroatoms. The van der Waals surface area contributed by atoms with Crippen molar-refractivity contribution < 1.29 is 0 Å². The van der Waals surface area contributed by atoms with E-state index in [9.17, 15) is 0 Å². The third kappa shape index (κ3) is 1.95. The molecule has 0 aliphatic carbocycles. The molecule has 1 saturated heterocycles. The van der Waals surface area contributed by atoms with Gasteiger partial charge in [-0.1, -0.05) is 0 Å². The third-order valence-corrected chi connectivity index (χ3v) is 3.35. The summed E-state index contributed by atoms with van der Waals surface area (Å²) in [6, 6.07) is 3.07. The molecule has 2 unspecified atom stereocenters. The third-order valence-electron chi connectivity index (χ3n) is 3.35. The molecule has 1 fully saturated rings. The molecule has 3 heterocycles. The number of hydrogen-bond donors (Lipinski definition) is 1. The summed E-state index contributed by atoms with van der Waals surface area (Å²) in [5.74, 6) is 1.04. The van der Waals surface area contributed by atoms with Crippen LogP contribution < -0.4 is 10.2 Å². The number of anilines is 1. The molecule has 96 valence electrons. The van der Waals surface area contributed by atoms with Crippen molar-refractivity contribution in [3.05, 3.63) is 24.2 Å². The van der Waals surface area contributed by atoms with Crippen molar-refractivity contribution in [3.8, 4) is 0 Å². The Morgan fingerprint density at radius 1 is 1.28 bits per heavy atom. The quantitative estimate of drug-likeness (QED) is 0.820. The maximum Gasteiger partial charge on any atom is 0.154 e. The zero-order valence-corrected chi connectivity index (χ0v) is 11.1. The Morgan fingerprint density at radius 2 is 2.00 bits per heavy atom. The number of aryl methyl sites for hydroxylation is 1. The average molecular weight is 245 g/mol. The van der Waals surface area contributed by atoms with Crippen LogP contribution in [0.25, 0.3) is 5.52 Å². The second kappa shape index (κ2) is 4.24. The van der Waals surface area contributed by atoms with Gasteiger partial charge in [-0.15, -0.1) is 0 Å². The van der Waals surface area contributed by atoms with Crippen LogP contribution in [0.1, 0.15) is 19.5 Å². The van der Waals surface area contributed by atoms with Gasteiger partial charge in [0, 0.05) is 37.6 Å². The van der Waals surface area contributed by atoms with Crippen LogP contribution in [0.3, 0.4) is 0 Å². The Morgan fingerprint density at radius 3 is 2.72 bits per heavy atom. The summed E-state index contributed by atoms with van der Waals surface area (Å²) in [7, 11) is 0. The van der Waals surface area contributed by atoms with Crippen LogP contribution in [0, 0.1) is 6.92 Å². The van der Waals surface area contributed by atoms with E-state index in [0.29, 0.717) is 12.1 Å². The summed E-state index contributed by atoms with van der Waals surface area (Å²) in [4.78, 5) is 6.90. The molecular formula is C13H19N5. The highest BCUT2D eigenvalue weighted by molar-refractivity contribution is 5.69. The minimum absolute atomic E-state index is 0.486. The summed E-state index contributed by atoms with van der Waals surface area (Å²) in [6.45, 7) is 8.41. The summed E-state index contributed by atoms with van der Waals surface area (Å²) < 4.78 is 1.91. The number of rotatable bonds is 1. The van der Waals surface area contributed by atoms with Crippen LogP contribution in [0.15, 0.2) is 18.5 Å². The van der Waals surface area contributed by atoms with Crippen LogP contribution in [-0.4, -0.2) is 39.8 Å². The van der Waals surface area contributed by atoms with Crippen molar-refractivity contribution in [2.45, 2.75) is 32.9 Å². The maximum absolute atomic E-state index is 4.55. The van der Waals surface area contributed by atoms with Crippen molar-refractivity contribution in [3.63, 3.8) is 0 Å². The molecule has 0 radical (unpaired) electrons. The van der Waals surface area contributed by atoms with E-state index in [2.05, 4.69) is 40.2 Å². The van der Waals surface area contributed by atoms with E-state index in [1.807, 2.05) is 23.8 Å². The van der Waals surface area contributed by atoms with Crippen LogP contribution >= 0.6 is 0 Å². The number of fused-ring (bicyclic) bond motifs is 1. The first-order valence-electron chi connectivity index (χ1n) is 6.45. The van der Waals surface area contributed by atoms with Crippen LogP contribution in [0.2, 0.25) is 0 Å². The molecule has 5 nitrogen and oxygen atoms in total. The molecule has 2 aromatic rings. The van der Waals surface area contributed by atoms with Gasteiger partial charge in [-0.3, -0.25) is 0 Å². The fraction of sp³-hybridized carbons (Fsp3) is 0.538. The van der Waals surface area contributed by atoms with Gasteiger partial charge in [-0.05, 0) is 26.8 Å². The number of nitrogens with one attached hydrogen (secondary N) is 1. The normalized spacial score (nSPS) is 24.7. The van der Waals surface area contributed by atoms with E-state index in [-0.39, 0.29) is 0 Å². The van der Waals surface area contributed by atoms with E-state index in [1.54, 1.807) is 0 Å². The topological polar surface area (TPSA) is 45.5 Å². The fourth-order valence-electron chi connectivity index (χ4n) is 2.77. The van der Waals surface area contributed by atoms with Gasteiger partial charge in [0.2, 0.25) is 0 Å². The highest BCUT2D eigenvalue weighted by Gasteiger charge is 2.23. The van der Waals surface area contributed by atoms with Crippen LogP contribution in [0.4, 0.5) is 5.82 Å². The van der Waals surface area contributed by atoms with Gasteiger partial charge in [0.15, 0.2) is 5.82 Å². The van der Waals surface area contributed by atoms with Gasteiger partial charge in [0.1, 0.15) is 5.52 Å². The second-order valence-corrected chi connectivity index (χ2v) is 5.24.